The molecule has 0 saturated heterocycles. The summed E-state index contributed by atoms with van der Waals surface area (Å²) in [7, 11) is 0. The summed E-state index contributed by atoms with van der Waals surface area (Å²) in [5.74, 6) is 1.04. The summed E-state index contributed by atoms with van der Waals surface area (Å²) in [6.45, 7) is 6.17. The van der Waals surface area contributed by atoms with Crippen LogP contribution in [0.15, 0.2) is 46.3 Å². The van der Waals surface area contributed by atoms with Crippen LogP contribution in [0.2, 0.25) is 0 Å². The molecule has 2 aromatic heterocycles. The summed E-state index contributed by atoms with van der Waals surface area (Å²) < 4.78 is 5.48. The van der Waals surface area contributed by atoms with Gasteiger partial charge in [0.25, 0.3) is 5.91 Å². The fraction of sp³-hybridized carbons (Fsp3) is 0.316. The maximum absolute atomic E-state index is 12.4. The van der Waals surface area contributed by atoms with Gasteiger partial charge in [-0.1, -0.05) is 61.3 Å². The number of rotatable bonds is 6. The van der Waals surface area contributed by atoms with E-state index in [9.17, 15) is 4.79 Å². The van der Waals surface area contributed by atoms with Gasteiger partial charge in [0.15, 0.2) is 0 Å². The van der Waals surface area contributed by atoms with Crippen molar-refractivity contribution >= 4 is 17.2 Å². The third kappa shape index (κ3) is 3.96. The first-order valence-corrected chi connectivity index (χ1v) is 9.21. The van der Waals surface area contributed by atoms with Gasteiger partial charge in [-0.3, -0.25) is 4.79 Å². The van der Waals surface area contributed by atoms with Crippen molar-refractivity contribution in [3.63, 3.8) is 0 Å². The highest BCUT2D eigenvalue weighted by Crippen LogP contribution is 2.26. The van der Waals surface area contributed by atoms with E-state index in [0.29, 0.717) is 16.6 Å². The zero-order chi connectivity index (χ0) is 17.8. The third-order valence-electron chi connectivity index (χ3n) is 4.26. The van der Waals surface area contributed by atoms with E-state index in [0.717, 1.165) is 12.0 Å². The van der Waals surface area contributed by atoms with Crippen LogP contribution in [0.4, 0.5) is 0 Å². The molecule has 1 aromatic carbocycles. The number of thiophene rings is 1. The van der Waals surface area contributed by atoms with Crippen molar-refractivity contribution in [1.29, 1.82) is 0 Å². The van der Waals surface area contributed by atoms with Gasteiger partial charge in [0.2, 0.25) is 11.7 Å². The first-order valence-electron chi connectivity index (χ1n) is 8.33. The fourth-order valence-corrected chi connectivity index (χ4v) is 3.11. The molecule has 0 radical (unpaired) electrons. The van der Waals surface area contributed by atoms with Crippen LogP contribution in [0, 0.1) is 12.8 Å². The minimum absolute atomic E-state index is 0.115. The second kappa shape index (κ2) is 7.61. The van der Waals surface area contributed by atoms with Crippen LogP contribution in [0.5, 0.6) is 0 Å². The van der Waals surface area contributed by atoms with E-state index in [2.05, 4.69) is 29.3 Å². The number of carbonyl (C=O) groups is 1. The van der Waals surface area contributed by atoms with Crippen LogP contribution in [0.1, 0.15) is 47.4 Å². The molecule has 2 heterocycles. The summed E-state index contributed by atoms with van der Waals surface area (Å²) in [5, 5.41) is 9.01. The number of aryl methyl sites for hydroxylation is 1. The molecule has 0 fully saturated rings. The number of amides is 1. The molecule has 5 nitrogen and oxygen atoms in total. The molecule has 25 heavy (non-hydrogen) atoms. The van der Waals surface area contributed by atoms with Gasteiger partial charge in [-0.2, -0.15) is 4.98 Å². The molecule has 2 atom stereocenters. The van der Waals surface area contributed by atoms with Crippen LogP contribution < -0.4 is 5.32 Å². The lowest BCUT2D eigenvalue weighted by atomic mass is 9.99. The topological polar surface area (TPSA) is 68.0 Å². The van der Waals surface area contributed by atoms with E-state index in [1.165, 1.54) is 16.9 Å². The van der Waals surface area contributed by atoms with Gasteiger partial charge in [0, 0.05) is 5.56 Å². The largest absolute Gasteiger partial charge is 0.339 e. The zero-order valence-electron chi connectivity index (χ0n) is 14.5. The first kappa shape index (κ1) is 17.4. The van der Waals surface area contributed by atoms with Gasteiger partial charge in [0.05, 0.1) is 4.88 Å². The lowest BCUT2D eigenvalue weighted by molar-refractivity contribution is 0.0914. The number of nitrogens with one attached hydrogen (secondary N) is 1. The highest BCUT2D eigenvalue weighted by Gasteiger charge is 2.27. The summed E-state index contributed by atoms with van der Waals surface area (Å²) in [6, 6.07) is 11.3. The maximum atomic E-state index is 12.4. The number of carbonyl (C=O) groups excluding carboxylic acids is 1. The Morgan fingerprint density at radius 1 is 1.28 bits per heavy atom. The number of aromatic nitrogens is 2. The molecule has 0 aliphatic heterocycles. The normalized spacial score (nSPS) is 13.4. The molecule has 2 unspecified atom stereocenters. The van der Waals surface area contributed by atoms with Gasteiger partial charge in [-0.05, 0) is 24.3 Å². The Morgan fingerprint density at radius 2 is 2.04 bits per heavy atom. The van der Waals surface area contributed by atoms with Crippen LogP contribution in [0.3, 0.4) is 0 Å². The lowest BCUT2D eigenvalue weighted by Gasteiger charge is -2.20. The maximum Gasteiger partial charge on any atom is 0.262 e. The average Bonchev–Trinajstić information content (AvgIpc) is 3.31. The molecule has 6 heteroatoms. The number of nitrogens with zero attached hydrogens (tertiary/aromatic N) is 2. The molecule has 0 bridgehead atoms. The first-order chi connectivity index (χ1) is 12.1. The Kier molecular flexibility index (Phi) is 5.28. The molecule has 3 aromatic rings. The van der Waals surface area contributed by atoms with Crippen LogP contribution in [-0.4, -0.2) is 16.0 Å². The van der Waals surface area contributed by atoms with Crippen LogP contribution in [-0.2, 0) is 0 Å². The molecule has 0 aliphatic carbocycles. The van der Waals surface area contributed by atoms with Crippen molar-refractivity contribution in [2.75, 3.05) is 0 Å². The number of hydrogen-bond donors (Lipinski definition) is 1. The third-order valence-corrected chi connectivity index (χ3v) is 5.13. The Balaban J connectivity index is 1.84. The van der Waals surface area contributed by atoms with Crippen molar-refractivity contribution in [2.45, 2.75) is 33.2 Å². The Hall–Kier alpha value is -2.47. The lowest BCUT2D eigenvalue weighted by Crippen LogP contribution is -2.32. The molecule has 0 saturated carbocycles. The highest BCUT2D eigenvalue weighted by atomic mass is 32.1. The minimum Gasteiger partial charge on any atom is -0.339 e. The average molecular weight is 355 g/mol. The van der Waals surface area contributed by atoms with Crippen LogP contribution >= 0.6 is 11.3 Å². The summed E-state index contributed by atoms with van der Waals surface area (Å²) in [5.41, 5.74) is 2.07. The van der Waals surface area contributed by atoms with Crippen molar-refractivity contribution < 1.29 is 9.32 Å². The molecule has 130 valence electrons. The van der Waals surface area contributed by atoms with Gasteiger partial charge in [0.1, 0.15) is 6.04 Å². The SMILES string of the molecule is CCC(C)C(NC(=O)c1cccs1)c1nc(-c2ccc(C)cc2)no1. The van der Waals surface area contributed by atoms with Crippen molar-refractivity contribution in [3.05, 3.63) is 58.1 Å². The second-order valence-electron chi connectivity index (χ2n) is 6.14. The van der Waals surface area contributed by atoms with E-state index in [1.807, 2.05) is 42.6 Å². The van der Waals surface area contributed by atoms with E-state index in [1.54, 1.807) is 6.07 Å². The minimum atomic E-state index is -0.314. The molecular formula is C19H21N3O2S. The molecule has 0 aliphatic rings. The monoisotopic (exact) mass is 355 g/mol. The Morgan fingerprint density at radius 3 is 2.68 bits per heavy atom. The Labute approximate surface area is 151 Å². The van der Waals surface area contributed by atoms with Gasteiger partial charge in [-0.15, -0.1) is 11.3 Å². The second-order valence-corrected chi connectivity index (χ2v) is 7.08. The summed E-state index contributed by atoms with van der Waals surface area (Å²) in [6.07, 6.45) is 0.887. The number of hydrogen-bond acceptors (Lipinski definition) is 5. The van der Waals surface area contributed by atoms with Crippen molar-refractivity contribution in [3.8, 4) is 11.4 Å². The Bertz CT molecular complexity index is 825. The quantitative estimate of drug-likeness (QED) is 0.700. The van der Waals surface area contributed by atoms with E-state index < -0.39 is 0 Å². The highest BCUT2D eigenvalue weighted by molar-refractivity contribution is 7.12. The standard InChI is InChI=1S/C19H21N3O2S/c1-4-13(3)16(20-18(23)15-6-5-11-25-15)19-21-17(22-24-19)14-9-7-12(2)8-10-14/h5-11,13,16H,4H2,1-3H3,(H,20,23). The summed E-state index contributed by atoms with van der Waals surface area (Å²) >= 11 is 1.41. The van der Waals surface area contributed by atoms with Crippen molar-refractivity contribution in [1.82, 2.24) is 15.5 Å². The van der Waals surface area contributed by atoms with Crippen LogP contribution in [0.25, 0.3) is 11.4 Å². The van der Waals surface area contributed by atoms with Crippen molar-refractivity contribution in [2.24, 2.45) is 5.92 Å². The number of benzene rings is 1. The van der Waals surface area contributed by atoms with Gasteiger partial charge >= 0.3 is 0 Å². The van der Waals surface area contributed by atoms with E-state index in [4.69, 9.17) is 4.52 Å². The van der Waals surface area contributed by atoms with Gasteiger partial charge < -0.3 is 9.84 Å². The molecular weight excluding hydrogens is 334 g/mol. The molecule has 0 spiro atoms. The predicted molar refractivity (Wildman–Crippen MR) is 98.5 cm³/mol. The fourth-order valence-electron chi connectivity index (χ4n) is 2.48. The zero-order valence-corrected chi connectivity index (χ0v) is 15.3. The molecule has 1 N–H and O–H groups in total. The predicted octanol–water partition coefficient (Wildman–Crippen LogP) is 4.62. The van der Waals surface area contributed by atoms with E-state index in [-0.39, 0.29) is 17.9 Å². The van der Waals surface area contributed by atoms with E-state index >= 15 is 0 Å². The summed E-state index contributed by atoms with van der Waals surface area (Å²) in [4.78, 5) is 17.6. The molecule has 3 rings (SSSR count). The smallest absolute Gasteiger partial charge is 0.262 e. The molecule has 1 amide bonds. The van der Waals surface area contributed by atoms with Gasteiger partial charge in [-0.25, -0.2) is 0 Å².